The Hall–Kier alpha value is -2.37. The van der Waals surface area contributed by atoms with Crippen LogP contribution in [0, 0.1) is 0 Å². The van der Waals surface area contributed by atoms with Crippen molar-refractivity contribution in [3.63, 3.8) is 0 Å². The van der Waals surface area contributed by atoms with Crippen molar-refractivity contribution in [2.24, 2.45) is 0 Å². The number of H-pyrrole nitrogens is 1. The van der Waals surface area contributed by atoms with Crippen molar-refractivity contribution in [1.29, 1.82) is 0 Å². The lowest BCUT2D eigenvalue weighted by Crippen LogP contribution is -2.11. The van der Waals surface area contributed by atoms with Gasteiger partial charge in [-0.1, -0.05) is 23.2 Å². The molecule has 0 unspecified atom stereocenters. The van der Waals surface area contributed by atoms with Crippen LogP contribution in [0.2, 0.25) is 10.0 Å². The average molecular weight is 365 g/mol. The monoisotopic (exact) mass is 364 g/mol. The van der Waals surface area contributed by atoms with Crippen LogP contribution in [0.4, 0.5) is 5.69 Å². The Morgan fingerprint density at radius 3 is 2.42 bits per heavy atom. The number of halogens is 2. The van der Waals surface area contributed by atoms with Crippen LogP contribution in [-0.2, 0) is 0 Å². The minimum absolute atomic E-state index is 0.271. The standard InChI is InChI=1S/C17H14Cl2N2O3/c1-23-15-6-10-11(8-20-14(10)7-16(15)24-2)17(22)21-9-3-4-12(18)13(19)5-9/h3-8,20H,1-2H3,(H,21,22). The zero-order valence-electron chi connectivity index (χ0n) is 12.9. The third kappa shape index (κ3) is 3.00. The lowest BCUT2D eigenvalue weighted by Gasteiger charge is -2.08. The summed E-state index contributed by atoms with van der Waals surface area (Å²) in [4.78, 5) is 15.6. The SMILES string of the molecule is COc1cc2[nH]cc(C(=O)Nc3ccc(Cl)c(Cl)c3)c2cc1OC. The molecule has 3 rings (SSSR count). The molecular formula is C17H14Cl2N2O3. The van der Waals surface area contributed by atoms with Crippen molar-refractivity contribution in [2.45, 2.75) is 0 Å². The molecule has 0 bridgehead atoms. The Kier molecular flexibility index (Phi) is 4.55. The van der Waals surface area contributed by atoms with E-state index in [-0.39, 0.29) is 5.91 Å². The fraction of sp³-hybridized carbons (Fsp3) is 0.118. The molecule has 7 heteroatoms. The number of nitrogens with one attached hydrogen (secondary N) is 2. The van der Waals surface area contributed by atoms with Crippen molar-refractivity contribution in [1.82, 2.24) is 4.98 Å². The van der Waals surface area contributed by atoms with Gasteiger partial charge < -0.3 is 19.8 Å². The topological polar surface area (TPSA) is 63.4 Å². The molecule has 124 valence electrons. The molecule has 0 aliphatic rings. The molecule has 1 amide bonds. The van der Waals surface area contributed by atoms with Gasteiger partial charge in [0.2, 0.25) is 0 Å². The van der Waals surface area contributed by atoms with Crippen LogP contribution in [0.1, 0.15) is 10.4 Å². The highest BCUT2D eigenvalue weighted by atomic mass is 35.5. The van der Waals surface area contributed by atoms with Crippen molar-refractivity contribution < 1.29 is 14.3 Å². The van der Waals surface area contributed by atoms with Gasteiger partial charge in [0, 0.05) is 23.3 Å². The van der Waals surface area contributed by atoms with Gasteiger partial charge in [0.25, 0.3) is 5.91 Å². The Labute approximate surface area is 148 Å². The van der Waals surface area contributed by atoms with Gasteiger partial charge in [-0.3, -0.25) is 4.79 Å². The highest BCUT2D eigenvalue weighted by Crippen LogP contribution is 2.33. The van der Waals surface area contributed by atoms with Gasteiger partial charge in [-0.15, -0.1) is 0 Å². The fourth-order valence-electron chi connectivity index (χ4n) is 2.41. The summed E-state index contributed by atoms with van der Waals surface area (Å²) in [5, 5.41) is 4.33. The second kappa shape index (κ2) is 6.63. The molecular weight excluding hydrogens is 351 g/mol. The molecule has 2 aromatic carbocycles. The number of methoxy groups -OCH3 is 2. The third-order valence-corrected chi connectivity index (χ3v) is 4.35. The van der Waals surface area contributed by atoms with E-state index in [9.17, 15) is 4.79 Å². The largest absolute Gasteiger partial charge is 0.493 e. The lowest BCUT2D eigenvalue weighted by molar-refractivity contribution is 0.102. The highest BCUT2D eigenvalue weighted by molar-refractivity contribution is 6.42. The first kappa shape index (κ1) is 16.5. The molecule has 2 N–H and O–H groups in total. The number of anilines is 1. The molecule has 24 heavy (non-hydrogen) atoms. The summed E-state index contributed by atoms with van der Waals surface area (Å²) in [7, 11) is 3.11. The van der Waals surface area contributed by atoms with E-state index < -0.39 is 0 Å². The first-order valence-corrected chi connectivity index (χ1v) is 7.78. The molecule has 0 saturated heterocycles. The van der Waals surface area contributed by atoms with E-state index in [1.165, 1.54) is 0 Å². The summed E-state index contributed by atoms with van der Waals surface area (Å²) < 4.78 is 10.6. The summed E-state index contributed by atoms with van der Waals surface area (Å²) in [6.07, 6.45) is 1.64. The molecule has 1 heterocycles. The number of amides is 1. The number of aromatic nitrogens is 1. The van der Waals surface area contributed by atoms with Gasteiger partial charge in [-0.2, -0.15) is 0 Å². The van der Waals surface area contributed by atoms with E-state index in [1.54, 1.807) is 50.7 Å². The molecule has 0 fully saturated rings. The van der Waals surface area contributed by atoms with Crippen LogP contribution in [0.3, 0.4) is 0 Å². The van der Waals surface area contributed by atoms with Crippen LogP contribution in [0.15, 0.2) is 36.5 Å². The summed E-state index contributed by atoms with van der Waals surface area (Å²) in [6, 6.07) is 8.45. The number of carbonyl (C=O) groups excluding carboxylic acids is 1. The minimum atomic E-state index is -0.271. The Morgan fingerprint density at radius 1 is 1.04 bits per heavy atom. The number of fused-ring (bicyclic) bond motifs is 1. The number of ether oxygens (including phenoxy) is 2. The molecule has 0 aliphatic heterocycles. The van der Waals surface area contributed by atoms with E-state index in [2.05, 4.69) is 10.3 Å². The van der Waals surface area contributed by atoms with Gasteiger partial charge in [0.1, 0.15) is 0 Å². The van der Waals surface area contributed by atoms with Crippen LogP contribution >= 0.6 is 23.2 Å². The zero-order chi connectivity index (χ0) is 17.3. The molecule has 0 radical (unpaired) electrons. The summed E-state index contributed by atoms with van der Waals surface area (Å²) in [6.45, 7) is 0. The molecule has 0 saturated carbocycles. The molecule has 0 aliphatic carbocycles. The van der Waals surface area contributed by atoms with Crippen LogP contribution in [0.5, 0.6) is 11.5 Å². The van der Waals surface area contributed by atoms with Crippen LogP contribution in [-0.4, -0.2) is 25.1 Å². The summed E-state index contributed by atoms with van der Waals surface area (Å²) in [5.74, 6) is 0.864. The lowest BCUT2D eigenvalue weighted by atomic mass is 10.1. The van der Waals surface area contributed by atoms with E-state index in [1.807, 2.05) is 0 Å². The molecule has 0 spiro atoms. The number of aromatic amines is 1. The van der Waals surface area contributed by atoms with E-state index in [0.29, 0.717) is 32.8 Å². The van der Waals surface area contributed by atoms with Crippen LogP contribution in [0.25, 0.3) is 10.9 Å². The molecule has 5 nitrogen and oxygen atoms in total. The maximum atomic E-state index is 12.6. The smallest absolute Gasteiger partial charge is 0.257 e. The van der Waals surface area contributed by atoms with Gasteiger partial charge in [0.15, 0.2) is 11.5 Å². The van der Waals surface area contributed by atoms with Gasteiger partial charge >= 0.3 is 0 Å². The van der Waals surface area contributed by atoms with Crippen molar-refractivity contribution in [2.75, 3.05) is 19.5 Å². The molecule has 1 aromatic heterocycles. The fourth-order valence-corrected chi connectivity index (χ4v) is 2.71. The van der Waals surface area contributed by atoms with E-state index in [4.69, 9.17) is 32.7 Å². The second-order valence-corrected chi connectivity index (χ2v) is 5.85. The highest BCUT2D eigenvalue weighted by Gasteiger charge is 2.16. The number of rotatable bonds is 4. The summed E-state index contributed by atoms with van der Waals surface area (Å²) in [5.41, 5.74) is 1.81. The van der Waals surface area contributed by atoms with E-state index in [0.717, 1.165) is 10.9 Å². The first-order chi connectivity index (χ1) is 11.5. The van der Waals surface area contributed by atoms with Crippen LogP contribution < -0.4 is 14.8 Å². The first-order valence-electron chi connectivity index (χ1n) is 7.03. The number of hydrogen-bond donors (Lipinski definition) is 2. The number of hydrogen-bond acceptors (Lipinski definition) is 3. The van der Waals surface area contributed by atoms with Crippen molar-refractivity contribution in [3.8, 4) is 11.5 Å². The quantitative estimate of drug-likeness (QED) is 0.702. The van der Waals surface area contributed by atoms with Crippen molar-refractivity contribution >= 4 is 45.7 Å². The van der Waals surface area contributed by atoms with Crippen molar-refractivity contribution in [3.05, 3.63) is 52.1 Å². The predicted octanol–water partition coefficient (Wildman–Crippen LogP) is 4.74. The van der Waals surface area contributed by atoms with Gasteiger partial charge in [-0.25, -0.2) is 0 Å². The number of benzene rings is 2. The second-order valence-electron chi connectivity index (χ2n) is 5.04. The minimum Gasteiger partial charge on any atom is -0.493 e. The maximum absolute atomic E-state index is 12.6. The summed E-state index contributed by atoms with van der Waals surface area (Å²) >= 11 is 11.9. The average Bonchev–Trinajstić information content (AvgIpc) is 2.99. The molecule has 0 atom stereocenters. The maximum Gasteiger partial charge on any atom is 0.257 e. The predicted molar refractivity (Wildman–Crippen MR) is 95.8 cm³/mol. The Bertz CT molecular complexity index is 922. The zero-order valence-corrected chi connectivity index (χ0v) is 14.5. The normalized spacial score (nSPS) is 10.7. The van der Waals surface area contributed by atoms with Gasteiger partial charge in [-0.05, 0) is 24.3 Å². The molecule has 3 aromatic rings. The Balaban J connectivity index is 1.96. The van der Waals surface area contributed by atoms with Gasteiger partial charge in [0.05, 0.1) is 35.3 Å². The Morgan fingerprint density at radius 2 is 1.75 bits per heavy atom. The van der Waals surface area contributed by atoms with E-state index >= 15 is 0 Å². The third-order valence-electron chi connectivity index (χ3n) is 3.61. The number of carbonyl (C=O) groups is 1.